The van der Waals surface area contributed by atoms with Crippen molar-refractivity contribution in [3.8, 4) is 0 Å². The Labute approximate surface area is 106 Å². The molecule has 2 aromatic rings. The maximum Gasteiger partial charge on any atom is 0.320 e. The molecule has 0 aliphatic heterocycles. The number of hydrogen-bond donors (Lipinski definition) is 2. The van der Waals surface area contributed by atoms with E-state index in [-0.39, 0.29) is 6.04 Å². The third kappa shape index (κ3) is 2.67. The van der Waals surface area contributed by atoms with Crippen molar-refractivity contribution in [3.63, 3.8) is 0 Å². The summed E-state index contributed by atoms with van der Waals surface area (Å²) in [4.78, 5) is 0. The summed E-state index contributed by atoms with van der Waals surface area (Å²) in [6.07, 6.45) is 1.87. The Morgan fingerprint density at radius 2 is 2.22 bits per heavy atom. The van der Waals surface area contributed by atoms with Gasteiger partial charge in [-0.1, -0.05) is 12.0 Å². The Morgan fingerprint density at radius 1 is 1.44 bits per heavy atom. The molecule has 1 unspecified atom stereocenters. The van der Waals surface area contributed by atoms with Crippen molar-refractivity contribution in [2.24, 2.45) is 7.05 Å². The van der Waals surface area contributed by atoms with Crippen LogP contribution in [0.3, 0.4) is 0 Å². The fraction of sp³-hybridized carbons (Fsp3) is 0.545. The van der Waals surface area contributed by atoms with E-state index >= 15 is 0 Å². The fourth-order valence-electron chi connectivity index (χ4n) is 1.69. The predicted molar refractivity (Wildman–Crippen MR) is 67.6 cm³/mol. The number of nitrogens with one attached hydrogen (secondary N) is 2. The summed E-state index contributed by atoms with van der Waals surface area (Å²) in [6, 6.07) is 0.430. The van der Waals surface area contributed by atoms with Gasteiger partial charge >= 0.3 is 6.01 Å². The minimum absolute atomic E-state index is 0.0491. The first-order valence-corrected chi connectivity index (χ1v) is 5.94. The molecule has 0 spiro atoms. The van der Waals surface area contributed by atoms with E-state index < -0.39 is 0 Å². The maximum absolute atomic E-state index is 5.53. The standard InChI is InChI=1S/C11H18N6O/c1-5-12-8(3)10-14-15-11(18-10)13-9-6-17(4)16-7(9)2/h6,8,12H,5H2,1-4H3,(H,13,15). The Bertz CT molecular complexity index is 517. The van der Waals surface area contributed by atoms with Crippen LogP contribution in [0.1, 0.15) is 31.5 Å². The van der Waals surface area contributed by atoms with Gasteiger partial charge in [0, 0.05) is 13.2 Å². The number of hydrogen-bond acceptors (Lipinski definition) is 6. The first-order valence-electron chi connectivity index (χ1n) is 5.94. The molecule has 2 heterocycles. The van der Waals surface area contributed by atoms with Gasteiger partial charge in [0.15, 0.2) is 0 Å². The van der Waals surface area contributed by atoms with Gasteiger partial charge in [0.1, 0.15) is 0 Å². The van der Waals surface area contributed by atoms with Crippen molar-refractivity contribution >= 4 is 11.7 Å². The third-order valence-corrected chi connectivity index (χ3v) is 2.58. The molecule has 0 radical (unpaired) electrons. The molecule has 2 rings (SSSR count). The Morgan fingerprint density at radius 3 is 2.83 bits per heavy atom. The molecule has 0 saturated carbocycles. The molecule has 0 saturated heterocycles. The number of rotatable bonds is 5. The molecule has 0 fully saturated rings. The molecule has 1 atom stereocenters. The summed E-state index contributed by atoms with van der Waals surface area (Å²) >= 11 is 0. The zero-order valence-electron chi connectivity index (χ0n) is 11.1. The second kappa shape index (κ2) is 5.18. The molecule has 98 valence electrons. The highest BCUT2D eigenvalue weighted by Gasteiger charge is 2.13. The van der Waals surface area contributed by atoms with E-state index in [0.29, 0.717) is 11.9 Å². The van der Waals surface area contributed by atoms with Crippen LogP contribution in [0, 0.1) is 6.92 Å². The molecule has 2 aromatic heterocycles. The van der Waals surface area contributed by atoms with Crippen LogP contribution in [-0.2, 0) is 7.05 Å². The lowest BCUT2D eigenvalue weighted by atomic mass is 10.3. The molecule has 0 aliphatic carbocycles. The van der Waals surface area contributed by atoms with Crippen LogP contribution >= 0.6 is 0 Å². The molecule has 0 amide bonds. The first-order chi connectivity index (χ1) is 8.60. The van der Waals surface area contributed by atoms with Crippen LogP contribution < -0.4 is 10.6 Å². The predicted octanol–water partition coefficient (Wildman–Crippen LogP) is 1.53. The van der Waals surface area contributed by atoms with E-state index in [4.69, 9.17) is 4.42 Å². The first kappa shape index (κ1) is 12.6. The summed E-state index contributed by atoms with van der Waals surface area (Å²) in [5, 5.41) is 18.5. The lowest BCUT2D eigenvalue weighted by molar-refractivity contribution is 0.430. The highest BCUT2D eigenvalue weighted by Crippen LogP contribution is 2.19. The average molecular weight is 250 g/mol. The molecule has 0 bridgehead atoms. The second-order valence-corrected chi connectivity index (χ2v) is 4.15. The van der Waals surface area contributed by atoms with Gasteiger partial charge in [-0.3, -0.25) is 4.68 Å². The molecule has 0 aliphatic rings. The maximum atomic E-state index is 5.53. The van der Waals surface area contributed by atoms with Crippen LogP contribution in [0.25, 0.3) is 0 Å². The van der Waals surface area contributed by atoms with Gasteiger partial charge in [0.2, 0.25) is 5.89 Å². The smallest absolute Gasteiger partial charge is 0.320 e. The number of nitrogens with zero attached hydrogens (tertiary/aromatic N) is 4. The van der Waals surface area contributed by atoms with Gasteiger partial charge in [-0.15, -0.1) is 5.10 Å². The largest absolute Gasteiger partial charge is 0.406 e. The zero-order valence-corrected chi connectivity index (χ0v) is 11.1. The zero-order chi connectivity index (χ0) is 13.1. The SMILES string of the molecule is CCNC(C)c1nnc(Nc2cn(C)nc2C)o1. The molecule has 18 heavy (non-hydrogen) atoms. The van der Waals surface area contributed by atoms with E-state index in [0.717, 1.165) is 17.9 Å². The lowest BCUT2D eigenvalue weighted by Gasteiger charge is -2.05. The van der Waals surface area contributed by atoms with Gasteiger partial charge in [-0.25, -0.2) is 0 Å². The van der Waals surface area contributed by atoms with Crippen molar-refractivity contribution < 1.29 is 4.42 Å². The van der Waals surface area contributed by atoms with Crippen molar-refractivity contribution in [2.45, 2.75) is 26.8 Å². The van der Waals surface area contributed by atoms with Crippen LogP contribution in [0.15, 0.2) is 10.6 Å². The number of anilines is 2. The topological polar surface area (TPSA) is 80.8 Å². The highest BCUT2D eigenvalue weighted by molar-refractivity contribution is 5.53. The van der Waals surface area contributed by atoms with Crippen LogP contribution in [-0.4, -0.2) is 26.5 Å². The van der Waals surface area contributed by atoms with Crippen molar-refractivity contribution in [3.05, 3.63) is 17.8 Å². The summed E-state index contributed by atoms with van der Waals surface area (Å²) in [5.74, 6) is 0.570. The normalized spacial score (nSPS) is 12.7. The lowest BCUT2D eigenvalue weighted by Crippen LogP contribution is -2.17. The van der Waals surface area contributed by atoms with Crippen LogP contribution in [0.5, 0.6) is 0 Å². The summed E-state index contributed by atoms with van der Waals surface area (Å²) < 4.78 is 7.27. The Kier molecular flexibility index (Phi) is 3.61. The quantitative estimate of drug-likeness (QED) is 0.837. The molecule has 2 N–H and O–H groups in total. The van der Waals surface area contributed by atoms with E-state index in [1.807, 2.05) is 34.0 Å². The van der Waals surface area contributed by atoms with Crippen molar-refractivity contribution in [2.75, 3.05) is 11.9 Å². The van der Waals surface area contributed by atoms with Gasteiger partial charge in [-0.05, 0) is 20.4 Å². The average Bonchev–Trinajstić information content (AvgIpc) is 2.88. The molecule has 7 nitrogen and oxygen atoms in total. The van der Waals surface area contributed by atoms with E-state index in [1.165, 1.54) is 0 Å². The fourth-order valence-corrected chi connectivity index (χ4v) is 1.69. The van der Waals surface area contributed by atoms with Crippen molar-refractivity contribution in [1.82, 2.24) is 25.3 Å². The van der Waals surface area contributed by atoms with E-state index in [1.54, 1.807) is 4.68 Å². The van der Waals surface area contributed by atoms with Gasteiger partial charge in [-0.2, -0.15) is 5.10 Å². The highest BCUT2D eigenvalue weighted by atomic mass is 16.4. The van der Waals surface area contributed by atoms with Crippen molar-refractivity contribution in [1.29, 1.82) is 0 Å². The number of aromatic nitrogens is 4. The second-order valence-electron chi connectivity index (χ2n) is 4.15. The van der Waals surface area contributed by atoms with Crippen LogP contribution in [0.2, 0.25) is 0 Å². The molecular formula is C11H18N6O. The minimum atomic E-state index is 0.0491. The van der Waals surface area contributed by atoms with Crippen LogP contribution in [0.4, 0.5) is 11.7 Å². The minimum Gasteiger partial charge on any atom is -0.406 e. The summed E-state index contributed by atoms with van der Waals surface area (Å²) in [6.45, 7) is 6.79. The Hall–Kier alpha value is -1.89. The molecule has 7 heteroatoms. The van der Waals surface area contributed by atoms with E-state index in [9.17, 15) is 0 Å². The number of aryl methyl sites for hydroxylation is 2. The summed E-state index contributed by atoms with van der Waals surface area (Å²) in [5.41, 5.74) is 1.75. The molecule has 0 aromatic carbocycles. The Balaban J connectivity index is 2.09. The van der Waals surface area contributed by atoms with Gasteiger partial charge in [0.25, 0.3) is 0 Å². The monoisotopic (exact) mass is 250 g/mol. The van der Waals surface area contributed by atoms with E-state index in [2.05, 4.69) is 25.9 Å². The molecular weight excluding hydrogens is 232 g/mol. The third-order valence-electron chi connectivity index (χ3n) is 2.58. The van der Waals surface area contributed by atoms with Gasteiger partial charge < -0.3 is 15.1 Å². The summed E-state index contributed by atoms with van der Waals surface area (Å²) in [7, 11) is 1.87. The van der Waals surface area contributed by atoms with Gasteiger partial charge in [0.05, 0.1) is 17.4 Å².